The smallest absolute Gasteiger partial charge is 0.293 e. The van der Waals surface area contributed by atoms with Gasteiger partial charge >= 0.3 is 0 Å². The largest absolute Gasteiger partial charge is 0.368 e. The Morgan fingerprint density at radius 2 is 1.90 bits per heavy atom. The van der Waals surface area contributed by atoms with Crippen LogP contribution in [-0.4, -0.2) is 25.7 Å². The first-order valence-electron chi connectivity index (χ1n) is 11.7. The molecule has 3 heterocycles. The summed E-state index contributed by atoms with van der Waals surface area (Å²) in [5, 5.41) is 4.02. The SMILES string of the molecule is NC(=O)C([C@H](Cc1cc(F)cc(F)c1)c1nc2c(Cl)c[nH]c2cc1Br)n1nc(C(F)F)c2c1C(F)(F)[C@@H]1C[C@H]21. The second-order valence-corrected chi connectivity index (χ2v) is 11.0. The number of alkyl halides is 4. The number of primary amides is 1. The third-order valence-electron chi connectivity index (χ3n) is 7.37. The summed E-state index contributed by atoms with van der Waals surface area (Å²) in [4.78, 5) is 20.4. The fraction of sp³-hybridized carbons (Fsp3) is 0.320. The molecule has 0 saturated heterocycles. The van der Waals surface area contributed by atoms with Crippen molar-refractivity contribution in [1.82, 2.24) is 19.7 Å². The number of pyridine rings is 1. The molecule has 6 nitrogen and oxygen atoms in total. The average molecular weight is 633 g/mol. The molecule has 0 bridgehead atoms. The Balaban J connectivity index is 1.59. The van der Waals surface area contributed by atoms with E-state index in [2.05, 4.69) is 31.0 Å². The van der Waals surface area contributed by atoms with Crippen LogP contribution in [0.1, 0.15) is 58.9 Å². The number of hydrogen-bond acceptors (Lipinski definition) is 3. The normalized spacial score (nSPS) is 20.7. The molecule has 4 aromatic rings. The van der Waals surface area contributed by atoms with Crippen molar-refractivity contribution >= 4 is 44.5 Å². The number of nitrogens with one attached hydrogen (secondary N) is 1. The number of benzene rings is 1. The van der Waals surface area contributed by atoms with Gasteiger partial charge in [0.2, 0.25) is 5.91 Å². The zero-order chi connectivity index (χ0) is 28.0. The number of halogens is 8. The number of fused-ring (bicyclic) bond motifs is 4. The molecule has 3 N–H and O–H groups in total. The molecule has 204 valence electrons. The predicted molar refractivity (Wildman–Crippen MR) is 132 cm³/mol. The summed E-state index contributed by atoms with van der Waals surface area (Å²) in [7, 11) is 0. The number of H-pyrrole nitrogens is 1. The monoisotopic (exact) mass is 631 g/mol. The standard InChI is InChI=1S/C25H17BrClF6N5O/c26-14-6-16-19(15(27)7-35-16)36-18(14)12(3-8-1-9(28)4-10(29)2-8)21(24(34)39)38-22-17(20(37-38)23(30)31)11-5-13(11)25(22,32)33/h1-2,4,6-7,11-13,21,23,35H,3,5H2,(H2,34,39)/t11-,12+,13+,21?/m0/s1. The van der Waals surface area contributed by atoms with E-state index < -0.39 is 65.1 Å². The van der Waals surface area contributed by atoms with Crippen molar-refractivity contribution in [2.75, 3.05) is 0 Å². The fourth-order valence-corrected chi connectivity index (χ4v) is 6.52. The van der Waals surface area contributed by atoms with Crippen molar-refractivity contribution in [3.63, 3.8) is 0 Å². The number of carbonyl (C=O) groups is 1. The lowest BCUT2D eigenvalue weighted by Gasteiger charge is -2.28. The molecule has 1 unspecified atom stereocenters. The van der Waals surface area contributed by atoms with Gasteiger partial charge in [0, 0.05) is 34.1 Å². The van der Waals surface area contributed by atoms with Crippen LogP contribution in [-0.2, 0) is 17.1 Å². The van der Waals surface area contributed by atoms with Gasteiger partial charge in [-0.15, -0.1) is 0 Å². The van der Waals surface area contributed by atoms with Crippen molar-refractivity contribution < 1.29 is 31.1 Å². The van der Waals surface area contributed by atoms with Crippen LogP contribution in [0, 0.1) is 17.6 Å². The predicted octanol–water partition coefficient (Wildman–Crippen LogP) is 6.65. The number of hydrogen-bond donors (Lipinski definition) is 2. The number of aromatic nitrogens is 4. The van der Waals surface area contributed by atoms with Crippen LogP contribution < -0.4 is 5.73 Å². The lowest BCUT2D eigenvalue weighted by Crippen LogP contribution is -2.36. The van der Waals surface area contributed by atoms with Crippen LogP contribution in [0.25, 0.3) is 11.0 Å². The fourth-order valence-electron chi connectivity index (χ4n) is 5.71. The van der Waals surface area contributed by atoms with Crippen LogP contribution in [0.4, 0.5) is 26.3 Å². The summed E-state index contributed by atoms with van der Waals surface area (Å²) < 4.78 is 87.9. The molecule has 0 spiro atoms. The molecular formula is C25H17BrClF6N5O. The van der Waals surface area contributed by atoms with Gasteiger partial charge in [-0.2, -0.15) is 13.9 Å². The summed E-state index contributed by atoms with van der Waals surface area (Å²) in [5.74, 6) is -9.81. The maximum atomic E-state index is 15.4. The molecule has 1 fully saturated rings. The van der Waals surface area contributed by atoms with Gasteiger partial charge in [0.25, 0.3) is 12.3 Å². The van der Waals surface area contributed by atoms with Crippen LogP contribution in [0.15, 0.2) is 34.9 Å². The molecule has 6 rings (SSSR count). The molecule has 2 aliphatic rings. The van der Waals surface area contributed by atoms with Crippen molar-refractivity contribution in [3.8, 4) is 0 Å². The second kappa shape index (κ2) is 8.98. The summed E-state index contributed by atoms with van der Waals surface area (Å²) in [6.07, 6.45) is -2.04. The molecule has 39 heavy (non-hydrogen) atoms. The first-order chi connectivity index (χ1) is 18.4. The number of nitrogens with zero attached hydrogens (tertiary/aromatic N) is 3. The first kappa shape index (κ1) is 26.2. The van der Waals surface area contributed by atoms with Crippen LogP contribution in [0.5, 0.6) is 0 Å². The van der Waals surface area contributed by atoms with Gasteiger partial charge in [-0.05, 0) is 58.5 Å². The molecule has 0 aliphatic heterocycles. The Morgan fingerprint density at radius 3 is 2.54 bits per heavy atom. The number of rotatable bonds is 7. The van der Waals surface area contributed by atoms with E-state index in [1.807, 2.05) is 0 Å². The van der Waals surface area contributed by atoms with E-state index >= 15 is 8.78 Å². The molecule has 2 aliphatic carbocycles. The first-order valence-corrected chi connectivity index (χ1v) is 12.9. The number of amides is 1. The molecule has 4 atom stereocenters. The maximum absolute atomic E-state index is 15.4. The number of carbonyl (C=O) groups excluding carboxylic acids is 1. The Hall–Kier alpha value is -3.06. The van der Waals surface area contributed by atoms with E-state index in [0.29, 0.717) is 16.3 Å². The quantitative estimate of drug-likeness (QED) is 0.224. The van der Waals surface area contributed by atoms with Gasteiger partial charge in [0.15, 0.2) is 0 Å². The minimum absolute atomic E-state index is 0.0222. The van der Waals surface area contributed by atoms with Gasteiger partial charge in [0.05, 0.1) is 16.2 Å². The molecule has 1 saturated carbocycles. The third kappa shape index (κ3) is 4.12. The topological polar surface area (TPSA) is 89.6 Å². The van der Waals surface area contributed by atoms with Crippen molar-refractivity contribution in [2.45, 2.75) is 43.1 Å². The van der Waals surface area contributed by atoms with Gasteiger partial charge in [-0.1, -0.05) is 11.6 Å². The highest BCUT2D eigenvalue weighted by Crippen LogP contribution is 2.68. The molecule has 1 amide bonds. The van der Waals surface area contributed by atoms with Gasteiger partial charge < -0.3 is 10.7 Å². The van der Waals surface area contributed by atoms with E-state index in [0.717, 1.165) is 12.1 Å². The van der Waals surface area contributed by atoms with E-state index in [1.165, 1.54) is 6.20 Å². The highest BCUT2D eigenvalue weighted by atomic mass is 79.9. The highest BCUT2D eigenvalue weighted by molar-refractivity contribution is 9.10. The highest BCUT2D eigenvalue weighted by Gasteiger charge is 2.67. The van der Waals surface area contributed by atoms with Crippen LogP contribution in [0.2, 0.25) is 5.02 Å². The molecule has 3 aromatic heterocycles. The molecular weight excluding hydrogens is 616 g/mol. The number of nitrogens with two attached hydrogens (primary N) is 1. The summed E-state index contributed by atoms with van der Waals surface area (Å²) in [5.41, 5.74) is 4.71. The molecule has 1 aromatic carbocycles. The zero-order valence-electron chi connectivity index (χ0n) is 19.5. The molecule has 14 heteroatoms. The van der Waals surface area contributed by atoms with Crippen molar-refractivity contribution in [1.29, 1.82) is 0 Å². The molecule has 0 radical (unpaired) electrons. The summed E-state index contributed by atoms with van der Waals surface area (Å²) in [6.45, 7) is 0. The second-order valence-electron chi connectivity index (χ2n) is 9.79. The minimum atomic E-state index is -3.54. The van der Waals surface area contributed by atoms with Crippen LogP contribution >= 0.6 is 27.5 Å². The van der Waals surface area contributed by atoms with Gasteiger partial charge in [0.1, 0.15) is 34.6 Å². The zero-order valence-corrected chi connectivity index (χ0v) is 21.9. The van der Waals surface area contributed by atoms with Gasteiger partial charge in [-0.25, -0.2) is 27.2 Å². The van der Waals surface area contributed by atoms with E-state index in [-0.39, 0.29) is 44.7 Å². The number of aromatic amines is 1. The Bertz CT molecular complexity index is 1640. The lowest BCUT2D eigenvalue weighted by molar-refractivity contribution is -0.122. The average Bonchev–Trinajstić information content (AvgIpc) is 3.35. The van der Waals surface area contributed by atoms with E-state index in [1.54, 1.807) is 6.07 Å². The third-order valence-corrected chi connectivity index (χ3v) is 8.30. The van der Waals surface area contributed by atoms with Crippen molar-refractivity contribution in [3.05, 3.63) is 79.8 Å². The van der Waals surface area contributed by atoms with Crippen molar-refractivity contribution in [2.24, 2.45) is 11.7 Å². The van der Waals surface area contributed by atoms with Crippen LogP contribution in [0.3, 0.4) is 0 Å². The Kier molecular flexibility index (Phi) is 6.03. The summed E-state index contributed by atoms with van der Waals surface area (Å²) >= 11 is 9.60. The van der Waals surface area contributed by atoms with E-state index in [4.69, 9.17) is 17.3 Å². The maximum Gasteiger partial charge on any atom is 0.293 e. The lowest BCUT2D eigenvalue weighted by atomic mass is 9.87. The minimum Gasteiger partial charge on any atom is -0.368 e. The Morgan fingerprint density at radius 1 is 1.21 bits per heavy atom. The summed E-state index contributed by atoms with van der Waals surface area (Å²) in [6, 6.07) is 2.45. The van der Waals surface area contributed by atoms with Gasteiger partial charge in [-0.3, -0.25) is 4.79 Å². The van der Waals surface area contributed by atoms with E-state index in [9.17, 15) is 22.4 Å². The Labute approximate surface area is 229 Å².